The molecule has 13 atom stereocenters. The second-order valence-electron chi connectivity index (χ2n) is 16.3. The fourth-order valence-electron chi connectivity index (χ4n) is 12.4. The van der Waals surface area contributed by atoms with Crippen molar-refractivity contribution in [1.29, 1.82) is 0 Å². The van der Waals surface area contributed by atoms with Crippen molar-refractivity contribution in [1.82, 2.24) is 0 Å². The van der Waals surface area contributed by atoms with E-state index >= 15 is 0 Å². The van der Waals surface area contributed by atoms with Gasteiger partial charge in [-0.05, 0) is 111 Å². The number of carbonyl (C=O) groups is 1. The molecule has 0 aromatic heterocycles. The van der Waals surface area contributed by atoms with Crippen molar-refractivity contribution >= 4 is 5.97 Å². The Morgan fingerprint density at radius 1 is 1.00 bits per heavy atom. The molecule has 5 aliphatic carbocycles. The molecule has 6 nitrogen and oxygen atoms in total. The van der Waals surface area contributed by atoms with Crippen molar-refractivity contribution in [2.24, 2.45) is 50.7 Å². The third-order valence-electron chi connectivity index (χ3n) is 14.1. The molecule has 3 N–H and O–H groups in total. The van der Waals surface area contributed by atoms with Gasteiger partial charge >= 0.3 is 5.97 Å². The molecule has 6 fully saturated rings. The Balaban J connectivity index is 1.35. The van der Waals surface area contributed by atoms with E-state index in [9.17, 15) is 20.1 Å². The molecule has 1 heterocycles. The number of rotatable bonds is 3. The topological polar surface area (TPSA) is 96.2 Å². The number of esters is 1. The molecule has 6 aliphatic rings. The highest BCUT2D eigenvalue weighted by atomic mass is 16.6. The fraction of sp³-hybridized carbons (Fsp3) is 0.969. The smallest absolute Gasteiger partial charge is 0.303 e. The highest BCUT2D eigenvalue weighted by Gasteiger charge is 2.84. The lowest BCUT2D eigenvalue weighted by atomic mass is 9.41. The van der Waals surface area contributed by atoms with Crippen LogP contribution in [0.2, 0.25) is 0 Å². The number of aliphatic hydroxyl groups is 3. The summed E-state index contributed by atoms with van der Waals surface area (Å²) in [7, 11) is 0. The number of aliphatic hydroxyl groups excluding tert-OH is 2. The maximum atomic E-state index is 12.3. The molecule has 6 rings (SSSR count). The van der Waals surface area contributed by atoms with Crippen LogP contribution in [0.25, 0.3) is 0 Å². The molecule has 216 valence electrons. The molecule has 2 spiro atoms. The normalized spacial score (nSPS) is 55.4. The van der Waals surface area contributed by atoms with E-state index in [0.29, 0.717) is 23.7 Å². The summed E-state index contributed by atoms with van der Waals surface area (Å²) in [4.78, 5) is 11.9. The quantitative estimate of drug-likeness (QED) is 0.449. The van der Waals surface area contributed by atoms with Gasteiger partial charge in [0.25, 0.3) is 0 Å². The minimum Gasteiger partial charge on any atom is -0.457 e. The lowest BCUT2D eigenvalue weighted by Gasteiger charge is -2.63. The molecule has 38 heavy (non-hydrogen) atoms. The summed E-state index contributed by atoms with van der Waals surface area (Å²) >= 11 is 0. The summed E-state index contributed by atoms with van der Waals surface area (Å²) in [6.07, 6.45) is 6.19. The molecule has 0 amide bonds. The first-order chi connectivity index (χ1) is 17.5. The first-order valence-corrected chi connectivity index (χ1v) is 15.4. The van der Waals surface area contributed by atoms with Gasteiger partial charge < -0.3 is 24.8 Å². The molecule has 1 aliphatic heterocycles. The zero-order valence-corrected chi connectivity index (χ0v) is 24.9. The maximum absolute atomic E-state index is 12.3. The van der Waals surface area contributed by atoms with E-state index in [-0.39, 0.29) is 45.7 Å². The lowest BCUT2D eigenvalue weighted by molar-refractivity contribution is -0.216. The van der Waals surface area contributed by atoms with E-state index in [0.717, 1.165) is 32.1 Å². The maximum Gasteiger partial charge on any atom is 0.303 e. The largest absolute Gasteiger partial charge is 0.457 e. The molecule has 6 heteroatoms. The number of carbonyl (C=O) groups excluding carboxylic acids is 1. The predicted molar refractivity (Wildman–Crippen MR) is 144 cm³/mol. The minimum absolute atomic E-state index is 0.0383. The summed E-state index contributed by atoms with van der Waals surface area (Å²) in [5, 5.41) is 34.2. The van der Waals surface area contributed by atoms with Crippen LogP contribution in [0, 0.1) is 50.7 Å². The van der Waals surface area contributed by atoms with Gasteiger partial charge in [-0.15, -0.1) is 0 Å². The number of hydrogen-bond acceptors (Lipinski definition) is 6. The fourth-order valence-corrected chi connectivity index (χ4v) is 12.4. The average molecular weight is 533 g/mol. The predicted octanol–water partition coefficient (Wildman–Crippen LogP) is 4.86. The van der Waals surface area contributed by atoms with Gasteiger partial charge in [0, 0.05) is 12.3 Å². The third kappa shape index (κ3) is 3.13. The van der Waals surface area contributed by atoms with Crippen LogP contribution in [0.5, 0.6) is 0 Å². The van der Waals surface area contributed by atoms with Crippen LogP contribution in [0.4, 0.5) is 0 Å². The van der Waals surface area contributed by atoms with Crippen molar-refractivity contribution in [2.45, 2.75) is 143 Å². The van der Waals surface area contributed by atoms with Crippen LogP contribution >= 0.6 is 0 Å². The Kier molecular flexibility index (Phi) is 5.77. The number of fused-ring (bicyclic) bond motifs is 4. The Bertz CT molecular complexity index is 1000. The van der Waals surface area contributed by atoms with E-state index in [1.165, 1.54) is 19.8 Å². The van der Waals surface area contributed by atoms with E-state index < -0.39 is 29.9 Å². The Morgan fingerprint density at radius 2 is 1.63 bits per heavy atom. The van der Waals surface area contributed by atoms with Gasteiger partial charge in [-0.25, -0.2) is 0 Å². The minimum atomic E-state index is -1.24. The van der Waals surface area contributed by atoms with Crippen LogP contribution in [-0.2, 0) is 14.3 Å². The molecule has 0 aromatic carbocycles. The number of hydrogen-bond donors (Lipinski definition) is 3. The lowest BCUT2D eigenvalue weighted by Crippen LogP contribution is -2.59. The highest BCUT2D eigenvalue weighted by molar-refractivity contribution is 5.66. The summed E-state index contributed by atoms with van der Waals surface area (Å²) < 4.78 is 12.4. The third-order valence-corrected chi connectivity index (χ3v) is 14.1. The van der Waals surface area contributed by atoms with Crippen molar-refractivity contribution in [3.05, 3.63) is 0 Å². The van der Waals surface area contributed by atoms with Crippen LogP contribution in [-0.4, -0.2) is 57.4 Å². The van der Waals surface area contributed by atoms with Gasteiger partial charge in [-0.2, -0.15) is 0 Å². The van der Waals surface area contributed by atoms with Crippen molar-refractivity contribution in [3.8, 4) is 0 Å². The first-order valence-electron chi connectivity index (χ1n) is 15.4. The van der Waals surface area contributed by atoms with Crippen molar-refractivity contribution < 1.29 is 29.6 Å². The summed E-state index contributed by atoms with van der Waals surface area (Å²) in [5.74, 6) is 1.09. The van der Waals surface area contributed by atoms with Gasteiger partial charge in [-0.1, -0.05) is 34.6 Å². The monoisotopic (exact) mass is 532 g/mol. The molecular weight excluding hydrogens is 480 g/mol. The van der Waals surface area contributed by atoms with Gasteiger partial charge in [0.2, 0.25) is 0 Å². The summed E-state index contributed by atoms with van der Waals surface area (Å²) in [6, 6.07) is 0. The molecule has 5 saturated carbocycles. The SMILES string of the molecule is CC(=O)O[C@H]([C@H]1C[C@@H](C)[C@H]2[C@@H](O1)[C@H](O)[C@@]1(C)[C@@H]3CC[C@H]4C(C)(C)[C@@H](O)CC[C@@]45C[C@@]35CC[C@]21C)C(C)(C)O. The molecular formula is C32H52O6. The Morgan fingerprint density at radius 3 is 2.26 bits per heavy atom. The second-order valence-corrected chi connectivity index (χ2v) is 16.3. The Labute approximate surface area is 229 Å². The molecule has 0 bridgehead atoms. The molecule has 0 aromatic rings. The van der Waals surface area contributed by atoms with Crippen molar-refractivity contribution in [3.63, 3.8) is 0 Å². The standard InChI is InChI=1S/C32H52O6/c1-17-15-19(26(28(5,6)36)37-18(2)33)38-24-23(17)29(7)13-14-32-16-31(32)12-11-22(34)27(3,4)20(31)9-10-21(32)30(29,8)25(24)35/h17,19-26,34-36H,9-16H2,1-8H3/t17-,19-,20+,21+,22+,23+,24-,25+,26-,29-,30-,31-,32+/m1/s1. The van der Waals surface area contributed by atoms with Gasteiger partial charge in [-0.3, -0.25) is 4.79 Å². The van der Waals surface area contributed by atoms with Crippen LogP contribution in [0.3, 0.4) is 0 Å². The Hall–Kier alpha value is -0.690. The second kappa shape index (κ2) is 7.98. The zero-order chi connectivity index (χ0) is 27.8. The molecule has 0 unspecified atom stereocenters. The summed E-state index contributed by atoms with van der Waals surface area (Å²) in [6.45, 7) is 16.4. The van der Waals surface area contributed by atoms with Crippen LogP contribution < -0.4 is 0 Å². The first kappa shape index (κ1) is 27.5. The average Bonchev–Trinajstić information content (AvgIpc) is 3.44. The van der Waals surface area contributed by atoms with E-state index in [4.69, 9.17) is 9.47 Å². The van der Waals surface area contributed by atoms with Crippen LogP contribution in [0.1, 0.15) is 107 Å². The zero-order valence-electron chi connectivity index (χ0n) is 24.9. The number of ether oxygens (including phenoxy) is 2. The van der Waals surface area contributed by atoms with E-state index in [2.05, 4.69) is 34.6 Å². The van der Waals surface area contributed by atoms with E-state index in [1.54, 1.807) is 13.8 Å². The van der Waals surface area contributed by atoms with Gasteiger partial charge in [0.15, 0.2) is 6.10 Å². The van der Waals surface area contributed by atoms with Crippen LogP contribution in [0.15, 0.2) is 0 Å². The van der Waals surface area contributed by atoms with Crippen molar-refractivity contribution in [2.75, 3.05) is 0 Å². The highest BCUT2D eigenvalue weighted by Crippen LogP contribution is 2.89. The molecule has 1 saturated heterocycles. The molecule has 0 radical (unpaired) electrons. The summed E-state index contributed by atoms with van der Waals surface area (Å²) in [5.41, 5.74) is -1.01. The van der Waals surface area contributed by atoms with E-state index in [1.807, 2.05) is 0 Å². The van der Waals surface area contributed by atoms with Gasteiger partial charge in [0.1, 0.15) is 0 Å². The van der Waals surface area contributed by atoms with Gasteiger partial charge in [0.05, 0.1) is 30.0 Å².